The number of hydrogen-bond donors (Lipinski definition) is 1. The Balaban J connectivity index is 1.41. The van der Waals surface area contributed by atoms with Gasteiger partial charge in [-0.05, 0) is 64.2 Å². The molecule has 2 fully saturated rings. The molecule has 1 atom stereocenters. The van der Waals surface area contributed by atoms with Crippen LogP contribution in [-0.4, -0.2) is 64.5 Å². The van der Waals surface area contributed by atoms with Gasteiger partial charge in [-0.25, -0.2) is 14.8 Å². The molecule has 1 aromatic carbocycles. The average Bonchev–Trinajstić information content (AvgIpc) is 3.69. The van der Waals surface area contributed by atoms with Gasteiger partial charge in [0.25, 0.3) is 5.91 Å². The Bertz CT molecular complexity index is 1130. The first kappa shape index (κ1) is 26.1. The molecule has 9 nitrogen and oxygen atoms in total. The molecule has 1 saturated carbocycles. The second kappa shape index (κ2) is 10.2. The molecule has 2 amide bonds. The second-order valence-electron chi connectivity index (χ2n) is 10.5. The number of amidine groups is 1. The summed E-state index contributed by atoms with van der Waals surface area (Å²) in [5.41, 5.74) is 6.58. The van der Waals surface area contributed by atoms with Gasteiger partial charge in [0, 0.05) is 30.7 Å². The molecule has 4 rings (SSSR count). The van der Waals surface area contributed by atoms with Crippen molar-refractivity contribution in [3.63, 3.8) is 0 Å². The molecule has 1 unspecified atom stereocenters. The van der Waals surface area contributed by atoms with Gasteiger partial charge in [-0.1, -0.05) is 28.1 Å². The largest absolute Gasteiger partial charge is 0.444 e. The number of benzene rings is 1. The van der Waals surface area contributed by atoms with Gasteiger partial charge in [-0.2, -0.15) is 4.99 Å². The number of rotatable bonds is 5. The molecule has 1 aromatic heterocycles. The fraction of sp³-hybridized carbons (Fsp3) is 0.500. The van der Waals surface area contributed by atoms with Gasteiger partial charge in [-0.15, -0.1) is 0 Å². The van der Waals surface area contributed by atoms with Crippen LogP contribution in [0, 0.1) is 5.92 Å². The minimum Gasteiger partial charge on any atom is -0.444 e. The zero-order chi connectivity index (χ0) is 26.1. The minimum atomic E-state index is -0.526. The van der Waals surface area contributed by atoms with Crippen LogP contribution < -0.4 is 10.6 Å². The van der Waals surface area contributed by atoms with Gasteiger partial charge in [0.2, 0.25) is 0 Å². The van der Waals surface area contributed by atoms with Crippen molar-refractivity contribution in [1.82, 2.24) is 14.9 Å². The summed E-state index contributed by atoms with van der Waals surface area (Å²) < 4.78 is 6.43. The highest BCUT2D eigenvalue weighted by atomic mass is 79.9. The molecule has 192 valence electrons. The van der Waals surface area contributed by atoms with Crippen molar-refractivity contribution in [2.24, 2.45) is 16.6 Å². The van der Waals surface area contributed by atoms with Crippen LogP contribution in [0.5, 0.6) is 0 Å². The van der Waals surface area contributed by atoms with E-state index in [-0.39, 0.29) is 11.8 Å². The second-order valence-corrected chi connectivity index (χ2v) is 11.4. The standard InChI is InChI=1S/C26H33BrN6O3/c1-25(2,3)36-24(35)33-13-11-32(12-14-33)21-16-29-20(15-30-21)22(34)31-23(28)26(4,17-5-6-17)18-7-9-19(27)10-8-18/h7-10,15-17H,5-6,11-14H2,1-4H3,(H2,28,31,34). The van der Waals surface area contributed by atoms with Crippen LogP contribution in [0.3, 0.4) is 0 Å². The summed E-state index contributed by atoms with van der Waals surface area (Å²) in [6.07, 6.45) is 4.78. The highest BCUT2D eigenvalue weighted by Crippen LogP contribution is 2.47. The number of ether oxygens (including phenoxy) is 1. The Morgan fingerprint density at radius 3 is 2.19 bits per heavy atom. The number of aromatic nitrogens is 2. The van der Waals surface area contributed by atoms with Gasteiger partial charge >= 0.3 is 6.09 Å². The number of carbonyl (C=O) groups is 2. The van der Waals surface area contributed by atoms with Gasteiger partial charge < -0.3 is 20.3 Å². The van der Waals surface area contributed by atoms with E-state index in [1.807, 2.05) is 56.9 Å². The first-order valence-electron chi connectivity index (χ1n) is 12.2. The predicted molar refractivity (Wildman–Crippen MR) is 142 cm³/mol. The van der Waals surface area contributed by atoms with Crippen LogP contribution in [-0.2, 0) is 10.2 Å². The number of anilines is 1. The number of amides is 2. The third-order valence-corrected chi connectivity index (χ3v) is 7.23. The minimum absolute atomic E-state index is 0.142. The molecule has 2 N–H and O–H groups in total. The molecule has 2 aliphatic rings. The van der Waals surface area contributed by atoms with Gasteiger partial charge in [0.1, 0.15) is 22.9 Å². The Kier molecular flexibility index (Phi) is 7.36. The first-order valence-corrected chi connectivity index (χ1v) is 13.0. The van der Waals surface area contributed by atoms with Crippen molar-refractivity contribution >= 4 is 39.6 Å². The summed E-state index contributed by atoms with van der Waals surface area (Å²) in [5.74, 6) is 0.778. The monoisotopic (exact) mass is 556 g/mol. The van der Waals surface area contributed by atoms with Crippen molar-refractivity contribution < 1.29 is 14.3 Å². The number of piperazine rings is 1. The smallest absolute Gasteiger partial charge is 0.410 e. The fourth-order valence-corrected chi connectivity index (χ4v) is 4.64. The first-order chi connectivity index (χ1) is 17.0. The number of halogens is 1. The summed E-state index contributed by atoms with van der Waals surface area (Å²) >= 11 is 3.47. The van der Waals surface area contributed by atoms with E-state index in [1.165, 1.54) is 6.20 Å². The van der Waals surface area contributed by atoms with Crippen LogP contribution in [0.25, 0.3) is 0 Å². The van der Waals surface area contributed by atoms with Crippen molar-refractivity contribution in [2.45, 2.75) is 51.6 Å². The zero-order valence-electron chi connectivity index (χ0n) is 21.2. The molecule has 36 heavy (non-hydrogen) atoms. The molecule has 0 bridgehead atoms. The predicted octanol–water partition coefficient (Wildman–Crippen LogP) is 4.16. The topological polar surface area (TPSA) is 114 Å². The molecule has 1 saturated heterocycles. The number of aliphatic imine (C=N–C) groups is 1. The number of nitrogens with two attached hydrogens (primary N) is 1. The Morgan fingerprint density at radius 2 is 1.67 bits per heavy atom. The number of nitrogens with zero attached hydrogens (tertiary/aromatic N) is 5. The molecular weight excluding hydrogens is 524 g/mol. The van der Waals surface area contributed by atoms with Crippen molar-refractivity contribution in [3.8, 4) is 0 Å². The van der Waals surface area contributed by atoms with E-state index in [1.54, 1.807) is 11.1 Å². The van der Waals surface area contributed by atoms with Gasteiger partial charge in [-0.3, -0.25) is 4.79 Å². The molecular formula is C26H33BrN6O3. The lowest BCUT2D eigenvalue weighted by Crippen LogP contribution is -2.50. The normalized spacial score (nSPS) is 18.5. The molecule has 0 radical (unpaired) electrons. The van der Waals surface area contributed by atoms with E-state index < -0.39 is 16.9 Å². The molecule has 0 spiro atoms. The van der Waals surface area contributed by atoms with E-state index in [2.05, 4.69) is 30.9 Å². The fourth-order valence-electron chi connectivity index (χ4n) is 4.37. The summed E-state index contributed by atoms with van der Waals surface area (Å²) in [6.45, 7) is 9.84. The Labute approximate surface area is 220 Å². The summed E-state index contributed by atoms with van der Waals surface area (Å²) in [4.78, 5) is 41.9. The number of hydrogen-bond acceptors (Lipinski definition) is 6. The highest BCUT2D eigenvalue weighted by Gasteiger charge is 2.46. The quantitative estimate of drug-likeness (QED) is 0.434. The van der Waals surface area contributed by atoms with E-state index >= 15 is 0 Å². The maximum absolute atomic E-state index is 12.9. The summed E-state index contributed by atoms with van der Waals surface area (Å²) in [7, 11) is 0. The van der Waals surface area contributed by atoms with E-state index in [0.717, 1.165) is 22.9 Å². The average molecular weight is 557 g/mol. The van der Waals surface area contributed by atoms with Crippen molar-refractivity contribution in [2.75, 3.05) is 31.1 Å². The summed E-state index contributed by atoms with van der Waals surface area (Å²) in [5, 5.41) is 0. The number of carbonyl (C=O) groups excluding carboxylic acids is 2. The SMILES string of the molecule is CC(C)(C)OC(=O)N1CCN(c2cnc(C(=O)N=C(N)C(C)(c3ccc(Br)cc3)C3CC3)cn2)CC1. The lowest BCUT2D eigenvalue weighted by atomic mass is 9.76. The highest BCUT2D eigenvalue weighted by molar-refractivity contribution is 9.10. The van der Waals surface area contributed by atoms with Crippen molar-refractivity contribution in [1.29, 1.82) is 0 Å². The van der Waals surface area contributed by atoms with Crippen LogP contribution >= 0.6 is 15.9 Å². The lowest BCUT2D eigenvalue weighted by molar-refractivity contribution is 0.0240. The molecule has 2 aromatic rings. The van der Waals surface area contributed by atoms with E-state index in [4.69, 9.17) is 10.5 Å². The maximum atomic E-state index is 12.9. The van der Waals surface area contributed by atoms with E-state index in [9.17, 15) is 9.59 Å². The van der Waals surface area contributed by atoms with Crippen LogP contribution in [0.1, 0.15) is 56.6 Å². The van der Waals surface area contributed by atoms with Crippen LogP contribution in [0.15, 0.2) is 46.1 Å². The van der Waals surface area contributed by atoms with Gasteiger partial charge in [0.05, 0.1) is 17.8 Å². The third kappa shape index (κ3) is 5.86. The van der Waals surface area contributed by atoms with E-state index in [0.29, 0.717) is 43.8 Å². The summed E-state index contributed by atoms with van der Waals surface area (Å²) in [6, 6.07) is 7.99. The molecule has 2 heterocycles. The zero-order valence-corrected chi connectivity index (χ0v) is 22.8. The van der Waals surface area contributed by atoms with Crippen LogP contribution in [0.4, 0.5) is 10.6 Å². The molecule has 10 heteroatoms. The van der Waals surface area contributed by atoms with Crippen LogP contribution in [0.2, 0.25) is 0 Å². The molecule has 1 aliphatic heterocycles. The molecule has 1 aliphatic carbocycles. The third-order valence-electron chi connectivity index (χ3n) is 6.70. The Hall–Kier alpha value is -3.01. The van der Waals surface area contributed by atoms with Crippen molar-refractivity contribution in [3.05, 3.63) is 52.4 Å². The van der Waals surface area contributed by atoms with Gasteiger partial charge in [0.15, 0.2) is 0 Å². The maximum Gasteiger partial charge on any atom is 0.410 e. The lowest BCUT2D eigenvalue weighted by Gasteiger charge is -2.36. The Morgan fingerprint density at radius 1 is 1.03 bits per heavy atom.